The first-order valence-corrected chi connectivity index (χ1v) is 11.1. The van der Waals surface area contributed by atoms with Crippen LogP contribution in [-0.4, -0.2) is 50.2 Å². The average molecular weight is 419 g/mol. The number of benzene rings is 2. The number of hydrogen-bond donors (Lipinski definition) is 1. The van der Waals surface area contributed by atoms with E-state index in [2.05, 4.69) is 23.4 Å². The summed E-state index contributed by atoms with van der Waals surface area (Å²) in [5.41, 5.74) is 2.18. The molecule has 31 heavy (non-hydrogen) atoms. The molecule has 0 aliphatic carbocycles. The van der Waals surface area contributed by atoms with Gasteiger partial charge in [0.25, 0.3) is 0 Å². The number of hydrogen-bond acceptors (Lipinski definition) is 4. The largest absolute Gasteiger partial charge is 0.493 e. The summed E-state index contributed by atoms with van der Waals surface area (Å²) in [7, 11) is 0. The van der Waals surface area contributed by atoms with Gasteiger partial charge in [-0.2, -0.15) is 0 Å². The van der Waals surface area contributed by atoms with Crippen molar-refractivity contribution in [3.8, 4) is 23.8 Å². The fourth-order valence-electron chi connectivity index (χ4n) is 4.41. The molecule has 2 aliphatic heterocycles. The molecule has 5 nitrogen and oxygen atoms in total. The van der Waals surface area contributed by atoms with Gasteiger partial charge in [-0.3, -0.25) is 4.79 Å². The third kappa shape index (κ3) is 5.59. The van der Waals surface area contributed by atoms with Gasteiger partial charge in [0.1, 0.15) is 18.1 Å². The number of carbonyl (C=O) groups is 1. The molecule has 0 spiro atoms. The zero-order valence-electron chi connectivity index (χ0n) is 17.9. The Kier molecular flexibility index (Phi) is 7.11. The summed E-state index contributed by atoms with van der Waals surface area (Å²) in [4.78, 5) is 13.6. The summed E-state index contributed by atoms with van der Waals surface area (Å²) in [5, 5.41) is 3.50. The summed E-state index contributed by atoms with van der Waals surface area (Å²) in [6, 6.07) is 16.1. The maximum absolute atomic E-state index is 11.7. The standard InChI is InChI=1S/C26H30N2O3/c1-2-20-5-9-24(10-6-20)31-19-22-18-27-14-13-25(22)21-7-11-23(12-8-21)30-17-16-28-15-3-4-26(28)29/h1,5-12,22,25,27H,3-4,13-19H2/t22-,25-/m1/s1. The Hall–Kier alpha value is -2.97. The topological polar surface area (TPSA) is 50.8 Å². The minimum atomic E-state index is 0.241. The molecule has 2 aromatic carbocycles. The van der Waals surface area contributed by atoms with E-state index in [1.54, 1.807) is 0 Å². The first-order chi connectivity index (χ1) is 15.2. The van der Waals surface area contributed by atoms with Crippen LogP contribution in [0.2, 0.25) is 0 Å². The Labute approximate surface area is 184 Å². The van der Waals surface area contributed by atoms with Gasteiger partial charge in [0.05, 0.1) is 13.2 Å². The van der Waals surface area contributed by atoms with Gasteiger partial charge in [0.2, 0.25) is 5.91 Å². The third-order valence-corrected chi connectivity index (χ3v) is 6.20. The van der Waals surface area contributed by atoms with Gasteiger partial charge in [-0.25, -0.2) is 0 Å². The molecule has 5 heteroatoms. The van der Waals surface area contributed by atoms with E-state index >= 15 is 0 Å². The maximum atomic E-state index is 11.7. The van der Waals surface area contributed by atoms with Crippen LogP contribution in [0.25, 0.3) is 0 Å². The highest BCUT2D eigenvalue weighted by Gasteiger charge is 2.27. The highest BCUT2D eigenvalue weighted by Crippen LogP contribution is 2.32. The highest BCUT2D eigenvalue weighted by atomic mass is 16.5. The second-order valence-electron chi connectivity index (χ2n) is 8.24. The minimum absolute atomic E-state index is 0.241. The van der Waals surface area contributed by atoms with Crippen molar-refractivity contribution >= 4 is 5.91 Å². The summed E-state index contributed by atoms with van der Waals surface area (Å²) in [5.74, 6) is 5.42. The van der Waals surface area contributed by atoms with E-state index in [0.29, 0.717) is 38.0 Å². The molecule has 162 valence electrons. The van der Waals surface area contributed by atoms with Crippen LogP contribution in [0.4, 0.5) is 0 Å². The number of nitrogens with one attached hydrogen (secondary N) is 1. The number of rotatable bonds is 8. The Morgan fingerprint density at radius 1 is 1.06 bits per heavy atom. The quantitative estimate of drug-likeness (QED) is 0.668. The Morgan fingerprint density at radius 3 is 2.52 bits per heavy atom. The number of terminal acetylenes is 1. The lowest BCUT2D eigenvalue weighted by molar-refractivity contribution is -0.128. The Morgan fingerprint density at radius 2 is 1.81 bits per heavy atom. The minimum Gasteiger partial charge on any atom is -0.493 e. The van der Waals surface area contributed by atoms with Crippen LogP contribution in [-0.2, 0) is 4.79 Å². The van der Waals surface area contributed by atoms with E-state index in [9.17, 15) is 4.79 Å². The van der Waals surface area contributed by atoms with Gasteiger partial charge in [-0.15, -0.1) is 6.42 Å². The van der Waals surface area contributed by atoms with Crippen molar-refractivity contribution < 1.29 is 14.3 Å². The van der Waals surface area contributed by atoms with Gasteiger partial charge in [-0.05, 0) is 67.3 Å². The van der Waals surface area contributed by atoms with E-state index in [-0.39, 0.29) is 5.91 Å². The SMILES string of the molecule is C#Cc1ccc(OC[C@H]2CNCC[C@@H]2c2ccc(OCCN3CCCC3=O)cc2)cc1. The van der Waals surface area contributed by atoms with Crippen molar-refractivity contribution in [2.24, 2.45) is 5.92 Å². The van der Waals surface area contributed by atoms with Crippen LogP contribution in [0.5, 0.6) is 11.5 Å². The van der Waals surface area contributed by atoms with Gasteiger partial charge in [-0.1, -0.05) is 18.1 Å². The molecule has 1 amide bonds. The van der Waals surface area contributed by atoms with Crippen molar-refractivity contribution in [1.82, 2.24) is 10.2 Å². The molecular weight excluding hydrogens is 388 g/mol. The van der Waals surface area contributed by atoms with Crippen molar-refractivity contribution in [3.63, 3.8) is 0 Å². The lowest BCUT2D eigenvalue weighted by Crippen LogP contribution is -2.38. The summed E-state index contributed by atoms with van der Waals surface area (Å²) in [6.45, 7) is 4.67. The van der Waals surface area contributed by atoms with Gasteiger partial charge in [0.15, 0.2) is 0 Å². The predicted molar refractivity (Wildman–Crippen MR) is 121 cm³/mol. The van der Waals surface area contributed by atoms with E-state index in [1.165, 1.54) is 5.56 Å². The zero-order valence-corrected chi connectivity index (χ0v) is 17.9. The van der Waals surface area contributed by atoms with E-state index in [1.807, 2.05) is 41.3 Å². The molecule has 0 unspecified atom stereocenters. The molecule has 0 aromatic heterocycles. The Bertz CT molecular complexity index is 902. The van der Waals surface area contributed by atoms with Gasteiger partial charge >= 0.3 is 0 Å². The van der Waals surface area contributed by atoms with E-state index in [0.717, 1.165) is 49.5 Å². The lowest BCUT2D eigenvalue weighted by atomic mass is 9.81. The van der Waals surface area contributed by atoms with Gasteiger partial charge in [0, 0.05) is 31.0 Å². The molecular formula is C26H30N2O3. The monoisotopic (exact) mass is 418 g/mol. The first kappa shape index (κ1) is 21.3. The fraction of sp³-hybridized carbons (Fsp3) is 0.423. The summed E-state index contributed by atoms with van der Waals surface area (Å²) >= 11 is 0. The number of piperidine rings is 1. The molecule has 2 heterocycles. The van der Waals surface area contributed by atoms with Crippen LogP contribution in [0, 0.1) is 18.3 Å². The number of ether oxygens (including phenoxy) is 2. The second-order valence-corrected chi connectivity index (χ2v) is 8.24. The molecule has 2 saturated heterocycles. The number of carbonyl (C=O) groups excluding carboxylic acids is 1. The fourth-order valence-corrected chi connectivity index (χ4v) is 4.41. The molecule has 2 fully saturated rings. The predicted octanol–water partition coefficient (Wildman–Crippen LogP) is 3.44. The zero-order chi connectivity index (χ0) is 21.5. The molecule has 2 aromatic rings. The van der Waals surface area contributed by atoms with Crippen LogP contribution in [0.1, 0.15) is 36.3 Å². The summed E-state index contributed by atoms with van der Waals surface area (Å²) < 4.78 is 11.9. The molecule has 2 aliphatic rings. The van der Waals surface area contributed by atoms with Gasteiger partial charge < -0.3 is 19.7 Å². The third-order valence-electron chi connectivity index (χ3n) is 6.20. The Balaban J connectivity index is 1.30. The van der Waals surface area contributed by atoms with E-state index < -0.39 is 0 Å². The van der Waals surface area contributed by atoms with Crippen LogP contribution < -0.4 is 14.8 Å². The van der Waals surface area contributed by atoms with E-state index in [4.69, 9.17) is 15.9 Å². The molecule has 0 saturated carbocycles. The summed E-state index contributed by atoms with van der Waals surface area (Å²) in [6.07, 6.45) is 8.14. The smallest absolute Gasteiger partial charge is 0.222 e. The van der Waals surface area contributed by atoms with Crippen molar-refractivity contribution in [2.75, 3.05) is 39.4 Å². The molecule has 2 atom stereocenters. The molecule has 0 radical (unpaired) electrons. The molecule has 4 rings (SSSR count). The second kappa shape index (κ2) is 10.4. The lowest BCUT2D eigenvalue weighted by Gasteiger charge is -2.32. The maximum Gasteiger partial charge on any atom is 0.222 e. The number of nitrogens with zero attached hydrogens (tertiary/aromatic N) is 1. The first-order valence-electron chi connectivity index (χ1n) is 11.1. The van der Waals surface area contributed by atoms with Crippen LogP contribution >= 0.6 is 0 Å². The van der Waals surface area contributed by atoms with Crippen molar-refractivity contribution in [3.05, 3.63) is 59.7 Å². The molecule has 0 bridgehead atoms. The van der Waals surface area contributed by atoms with Crippen molar-refractivity contribution in [1.29, 1.82) is 0 Å². The van der Waals surface area contributed by atoms with Crippen molar-refractivity contribution in [2.45, 2.75) is 25.2 Å². The number of amides is 1. The average Bonchev–Trinajstić information content (AvgIpc) is 3.23. The normalized spacial score (nSPS) is 21.0. The van der Waals surface area contributed by atoms with Crippen LogP contribution in [0.3, 0.4) is 0 Å². The number of likely N-dealkylation sites (tertiary alicyclic amines) is 1. The molecule has 1 N–H and O–H groups in total. The highest BCUT2D eigenvalue weighted by molar-refractivity contribution is 5.78. The van der Waals surface area contributed by atoms with Crippen LogP contribution in [0.15, 0.2) is 48.5 Å².